The number of Topliss-reactive ketones (excluding diaryl/α,β-unsaturated/α-hetero) is 1. The van der Waals surface area contributed by atoms with Gasteiger partial charge < -0.3 is 14.7 Å². The predicted molar refractivity (Wildman–Crippen MR) is 65.4 cm³/mol. The van der Waals surface area contributed by atoms with Crippen LogP contribution in [0.2, 0.25) is 0 Å². The molecule has 0 spiro atoms. The van der Waals surface area contributed by atoms with Crippen LogP contribution in [-0.4, -0.2) is 36.7 Å². The maximum atomic E-state index is 13.4. The Morgan fingerprint density at radius 2 is 2.17 bits per heavy atom. The summed E-state index contributed by atoms with van der Waals surface area (Å²) in [6, 6.07) is 4.31. The number of carbonyl (C=O) groups excluding carboxylic acids is 1. The molecule has 0 aromatic heterocycles. The zero-order chi connectivity index (χ0) is 13.3. The van der Waals surface area contributed by atoms with E-state index in [0.717, 1.165) is 0 Å². The zero-order valence-electron chi connectivity index (χ0n) is 10.4. The summed E-state index contributed by atoms with van der Waals surface area (Å²) in [6.07, 6.45) is -0.552. The summed E-state index contributed by atoms with van der Waals surface area (Å²) < 4.78 is 18.4. The van der Waals surface area contributed by atoms with Crippen molar-refractivity contribution in [3.8, 4) is 5.75 Å². The van der Waals surface area contributed by atoms with Gasteiger partial charge in [0, 0.05) is 30.3 Å². The first-order valence-electron chi connectivity index (χ1n) is 5.83. The molecule has 0 saturated carbocycles. The molecule has 18 heavy (non-hydrogen) atoms. The van der Waals surface area contributed by atoms with E-state index >= 15 is 0 Å². The molecule has 0 amide bonds. The SMILES string of the molecule is COc1cc(F)cc(N2CC(=O)C(O)CC2C)c1. The second-order valence-electron chi connectivity index (χ2n) is 4.54. The molecular weight excluding hydrogens is 237 g/mol. The number of methoxy groups -OCH3 is 1. The van der Waals surface area contributed by atoms with Crippen LogP contribution in [0.4, 0.5) is 10.1 Å². The number of aliphatic hydroxyl groups excluding tert-OH is 1. The van der Waals surface area contributed by atoms with Crippen LogP contribution in [0, 0.1) is 5.82 Å². The van der Waals surface area contributed by atoms with Gasteiger partial charge in [-0.25, -0.2) is 4.39 Å². The molecule has 1 aliphatic heterocycles. The molecule has 1 aromatic rings. The third-order valence-corrected chi connectivity index (χ3v) is 3.22. The Labute approximate surface area is 105 Å². The number of benzene rings is 1. The molecular formula is C13H16FNO3. The normalized spacial score (nSPS) is 24.2. The summed E-state index contributed by atoms with van der Waals surface area (Å²) in [4.78, 5) is 13.3. The molecule has 1 N–H and O–H groups in total. The van der Waals surface area contributed by atoms with Crippen LogP contribution in [0.1, 0.15) is 13.3 Å². The topological polar surface area (TPSA) is 49.8 Å². The van der Waals surface area contributed by atoms with Crippen molar-refractivity contribution in [2.24, 2.45) is 0 Å². The molecule has 2 unspecified atom stereocenters. The van der Waals surface area contributed by atoms with Crippen LogP contribution in [0.3, 0.4) is 0 Å². The molecule has 98 valence electrons. The Bertz CT molecular complexity index is 464. The van der Waals surface area contributed by atoms with Gasteiger partial charge in [0.2, 0.25) is 0 Å². The molecule has 0 radical (unpaired) electrons. The highest BCUT2D eigenvalue weighted by atomic mass is 19.1. The van der Waals surface area contributed by atoms with Crippen molar-refractivity contribution < 1.29 is 19.0 Å². The number of hydrogen-bond donors (Lipinski definition) is 1. The molecule has 1 aromatic carbocycles. The van der Waals surface area contributed by atoms with E-state index in [0.29, 0.717) is 17.9 Å². The minimum Gasteiger partial charge on any atom is -0.497 e. The summed E-state index contributed by atoms with van der Waals surface area (Å²) in [6.45, 7) is 1.99. The van der Waals surface area contributed by atoms with Gasteiger partial charge >= 0.3 is 0 Å². The molecule has 1 saturated heterocycles. The summed E-state index contributed by atoms with van der Waals surface area (Å²) in [7, 11) is 1.47. The number of anilines is 1. The first kappa shape index (κ1) is 12.8. The lowest BCUT2D eigenvalue weighted by Gasteiger charge is -2.36. The van der Waals surface area contributed by atoms with E-state index in [4.69, 9.17) is 4.74 Å². The maximum absolute atomic E-state index is 13.4. The lowest BCUT2D eigenvalue weighted by atomic mass is 9.99. The van der Waals surface area contributed by atoms with Gasteiger partial charge in [-0.3, -0.25) is 4.79 Å². The number of aliphatic hydroxyl groups is 1. The zero-order valence-corrected chi connectivity index (χ0v) is 10.4. The van der Waals surface area contributed by atoms with E-state index in [1.807, 2.05) is 6.92 Å². The average molecular weight is 253 g/mol. The summed E-state index contributed by atoms with van der Waals surface area (Å²) in [5.41, 5.74) is 0.597. The van der Waals surface area contributed by atoms with Crippen LogP contribution < -0.4 is 9.64 Å². The third-order valence-electron chi connectivity index (χ3n) is 3.22. The van der Waals surface area contributed by atoms with Crippen molar-refractivity contribution >= 4 is 11.5 Å². The molecule has 1 aliphatic rings. The van der Waals surface area contributed by atoms with Crippen molar-refractivity contribution in [2.75, 3.05) is 18.6 Å². The molecule has 1 fully saturated rings. The maximum Gasteiger partial charge on any atom is 0.180 e. The smallest absolute Gasteiger partial charge is 0.180 e. The second-order valence-corrected chi connectivity index (χ2v) is 4.54. The Morgan fingerprint density at radius 3 is 2.83 bits per heavy atom. The molecule has 5 heteroatoms. The fraction of sp³-hybridized carbons (Fsp3) is 0.462. The molecule has 0 aliphatic carbocycles. The number of halogens is 1. The Morgan fingerprint density at radius 1 is 1.44 bits per heavy atom. The van der Waals surface area contributed by atoms with E-state index in [9.17, 15) is 14.3 Å². The summed E-state index contributed by atoms with van der Waals surface area (Å²) in [5, 5.41) is 9.49. The fourth-order valence-electron chi connectivity index (χ4n) is 2.19. The quantitative estimate of drug-likeness (QED) is 0.864. The van der Waals surface area contributed by atoms with Crippen LogP contribution in [0.5, 0.6) is 5.75 Å². The fourth-order valence-corrected chi connectivity index (χ4v) is 2.19. The molecule has 1 heterocycles. The number of rotatable bonds is 2. The van der Waals surface area contributed by atoms with Gasteiger partial charge in [0.15, 0.2) is 5.78 Å². The predicted octanol–water partition coefficient (Wildman–Crippen LogP) is 1.36. The average Bonchev–Trinajstić information content (AvgIpc) is 2.33. The van der Waals surface area contributed by atoms with Crippen LogP contribution >= 0.6 is 0 Å². The van der Waals surface area contributed by atoms with Gasteiger partial charge in [0.25, 0.3) is 0 Å². The number of nitrogens with zero attached hydrogens (tertiary/aromatic N) is 1. The van der Waals surface area contributed by atoms with Crippen molar-refractivity contribution in [3.63, 3.8) is 0 Å². The minimum absolute atomic E-state index is 0.0239. The van der Waals surface area contributed by atoms with E-state index in [-0.39, 0.29) is 18.4 Å². The van der Waals surface area contributed by atoms with E-state index in [1.54, 1.807) is 11.0 Å². The number of piperidine rings is 1. The Balaban J connectivity index is 2.30. The second kappa shape index (κ2) is 4.94. The number of ketones is 1. The van der Waals surface area contributed by atoms with E-state index in [1.165, 1.54) is 19.2 Å². The largest absolute Gasteiger partial charge is 0.497 e. The molecule has 2 atom stereocenters. The Hall–Kier alpha value is -1.62. The van der Waals surface area contributed by atoms with Crippen molar-refractivity contribution in [3.05, 3.63) is 24.0 Å². The van der Waals surface area contributed by atoms with Crippen molar-refractivity contribution in [2.45, 2.75) is 25.5 Å². The van der Waals surface area contributed by atoms with Crippen molar-refractivity contribution in [1.29, 1.82) is 0 Å². The highest BCUT2D eigenvalue weighted by Gasteiger charge is 2.31. The van der Waals surface area contributed by atoms with Gasteiger partial charge in [-0.2, -0.15) is 0 Å². The summed E-state index contributed by atoms with van der Waals surface area (Å²) >= 11 is 0. The highest BCUT2D eigenvalue weighted by molar-refractivity contribution is 5.89. The van der Waals surface area contributed by atoms with Crippen LogP contribution in [-0.2, 0) is 4.79 Å². The van der Waals surface area contributed by atoms with Gasteiger partial charge in [-0.15, -0.1) is 0 Å². The van der Waals surface area contributed by atoms with E-state index in [2.05, 4.69) is 0 Å². The van der Waals surface area contributed by atoms with Gasteiger partial charge in [-0.1, -0.05) is 0 Å². The number of ether oxygens (including phenoxy) is 1. The lowest BCUT2D eigenvalue weighted by molar-refractivity contribution is -0.127. The standard InChI is InChI=1S/C13H16FNO3/c1-8-3-12(16)13(17)7-15(8)10-4-9(14)5-11(6-10)18-2/h4-6,8,12,16H,3,7H2,1-2H3. The van der Waals surface area contributed by atoms with Crippen LogP contribution in [0.25, 0.3) is 0 Å². The molecule has 2 rings (SSSR count). The van der Waals surface area contributed by atoms with E-state index < -0.39 is 11.9 Å². The monoisotopic (exact) mass is 253 g/mol. The van der Waals surface area contributed by atoms with Crippen LogP contribution in [0.15, 0.2) is 18.2 Å². The Kier molecular flexibility index (Phi) is 3.52. The minimum atomic E-state index is -0.910. The van der Waals surface area contributed by atoms with Gasteiger partial charge in [0.05, 0.1) is 13.7 Å². The lowest BCUT2D eigenvalue weighted by Crippen LogP contribution is -2.49. The third kappa shape index (κ3) is 2.46. The summed E-state index contributed by atoms with van der Waals surface area (Å²) in [5.74, 6) is -0.234. The van der Waals surface area contributed by atoms with Crippen molar-refractivity contribution in [1.82, 2.24) is 0 Å². The first-order valence-corrected chi connectivity index (χ1v) is 5.83. The van der Waals surface area contributed by atoms with Gasteiger partial charge in [-0.05, 0) is 13.0 Å². The molecule has 4 nitrogen and oxygen atoms in total. The first-order chi connectivity index (χ1) is 8.51. The number of carbonyl (C=O) groups is 1. The molecule has 0 bridgehead atoms. The number of hydrogen-bond acceptors (Lipinski definition) is 4. The highest BCUT2D eigenvalue weighted by Crippen LogP contribution is 2.28. The van der Waals surface area contributed by atoms with Gasteiger partial charge in [0.1, 0.15) is 17.7 Å².